The van der Waals surface area contributed by atoms with Gasteiger partial charge in [0, 0.05) is 18.5 Å². The number of amidine groups is 1. The van der Waals surface area contributed by atoms with Gasteiger partial charge in [-0.3, -0.25) is 5.41 Å². The molecule has 1 aromatic heterocycles. The molecule has 3 nitrogen and oxygen atoms in total. The number of fused-ring (bicyclic) bond motifs is 1. The Hall–Kier alpha value is -1.90. The van der Waals surface area contributed by atoms with Crippen molar-refractivity contribution in [1.82, 2.24) is 9.88 Å². The summed E-state index contributed by atoms with van der Waals surface area (Å²) in [5, 5.41) is 9.39. The summed E-state index contributed by atoms with van der Waals surface area (Å²) in [7, 11) is 0. The number of pyridine rings is 1. The summed E-state index contributed by atoms with van der Waals surface area (Å²) in [5.74, 6) is 0.570. The fourth-order valence-electron chi connectivity index (χ4n) is 2.48. The van der Waals surface area contributed by atoms with E-state index in [0.717, 1.165) is 29.7 Å². The van der Waals surface area contributed by atoms with Gasteiger partial charge in [0.2, 0.25) is 0 Å². The molecule has 18 heavy (non-hydrogen) atoms. The van der Waals surface area contributed by atoms with Crippen molar-refractivity contribution in [3.8, 4) is 0 Å². The van der Waals surface area contributed by atoms with Gasteiger partial charge in [-0.05, 0) is 31.4 Å². The van der Waals surface area contributed by atoms with E-state index >= 15 is 0 Å². The normalized spacial score (nSPS) is 15.9. The van der Waals surface area contributed by atoms with E-state index in [1.807, 2.05) is 24.3 Å². The van der Waals surface area contributed by atoms with Gasteiger partial charge in [-0.1, -0.05) is 24.3 Å². The molecule has 0 aliphatic carbocycles. The van der Waals surface area contributed by atoms with Crippen molar-refractivity contribution in [2.45, 2.75) is 19.3 Å². The Kier molecular flexibility index (Phi) is 2.97. The minimum Gasteiger partial charge on any atom is -0.355 e. The van der Waals surface area contributed by atoms with Gasteiger partial charge in [0.15, 0.2) is 0 Å². The van der Waals surface area contributed by atoms with E-state index in [9.17, 15) is 0 Å². The summed E-state index contributed by atoms with van der Waals surface area (Å²) in [6.07, 6.45) is 3.67. The van der Waals surface area contributed by atoms with Crippen LogP contribution in [0.2, 0.25) is 0 Å². The first kappa shape index (κ1) is 11.2. The van der Waals surface area contributed by atoms with Gasteiger partial charge in [-0.15, -0.1) is 0 Å². The molecule has 1 fully saturated rings. The first-order valence-corrected chi connectivity index (χ1v) is 6.54. The zero-order chi connectivity index (χ0) is 12.4. The SMILES string of the molecule is N=C(c1ccc2ccccc2n1)N1CCCCC1. The number of hydrogen-bond donors (Lipinski definition) is 1. The maximum atomic E-state index is 8.26. The standard InChI is InChI=1S/C15H17N3/c16-15(18-10-4-1-5-11-18)14-9-8-12-6-2-3-7-13(12)17-14/h2-3,6-9,16H,1,4-5,10-11H2. The Morgan fingerprint density at radius 1 is 1.00 bits per heavy atom. The summed E-state index contributed by atoms with van der Waals surface area (Å²) in [4.78, 5) is 6.72. The first-order valence-electron chi connectivity index (χ1n) is 6.54. The summed E-state index contributed by atoms with van der Waals surface area (Å²) in [6.45, 7) is 1.99. The molecule has 0 saturated carbocycles. The lowest BCUT2D eigenvalue weighted by molar-refractivity contribution is 0.340. The van der Waals surface area contributed by atoms with Crippen molar-refractivity contribution in [2.75, 3.05) is 13.1 Å². The number of para-hydroxylation sites is 1. The second-order valence-corrected chi connectivity index (χ2v) is 4.79. The lowest BCUT2D eigenvalue weighted by atomic mass is 10.1. The highest BCUT2D eigenvalue weighted by Crippen LogP contribution is 2.15. The zero-order valence-corrected chi connectivity index (χ0v) is 10.4. The predicted octanol–water partition coefficient (Wildman–Crippen LogP) is 3.05. The lowest BCUT2D eigenvalue weighted by Crippen LogP contribution is -2.36. The van der Waals surface area contributed by atoms with Crippen LogP contribution in [-0.4, -0.2) is 28.8 Å². The second kappa shape index (κ2) is 4.77. The summed E-state index contributed by atoms with van der Waals surface area (Å²) >= 11 is 0. The molecule has 3 rings (SSSR count). The number of rotatable bonds is 1. The van der Waals surface area contributed by atoms with E-state index in [2.05, 4.69) is 22.0 Å². The van der Waals surface area contributed by atoms with Crippen LogP contribution in [0.25, 0.3) is 10.9 Å². The molecule has 2 heterocycles. The predicted molar refractivity (Wildman–Crippen MR) is 74.0 cm³/mol. The molecule has 1 N–H and O–H groups in total. The van der Waals surface area contributed by atoms with Gasteiger partial charge in [0.25, 0.3) is 0 Å². The Bertz CT molecular complexity index is 571. The average molecular weight is 239 g/mol. The number of piperidine rings is 1. The van der Waals surface area contributed by atoms with Gasteiger partial charge < -0.3 is 4.90 Å². The minimum absolute atomic E-state index is 0.570. The second-order valence-electron chi connectivity index (χ2n) is 4.79. The molecule has 0 spiro atoms. The zero-order valence-electron chi connectivity index (χ0n) is 10.4. The Morgan fingerprint density at radius 2 is 1.78 bits per heavy atom. The van der Waals surface area contributed by atoms with Crippen molar-refractivity contribution in [3.05, 3.63) is 42.1 Å². The molecular weight excluding hydrogens is 222 g/mol. The highest BCUT2D eigenvalue weighted by molar-refractivity contribution is 5.96. The van der Waals surface area contributed by atoms with Crippen LogP contribution >= 0.6 is 0 Å². The fourth-order valence-corrected chi connectivity index (χ4v) is 2.48. The molecule has 0 amide bonds. The molecule has 0 atom stereocenters. The molecule has 0 unspecified atom stereocenters. The molecule has 1 aliphatic heterocycles. The van der Waals surface area contributed by atoms with Crippen LogP contribution in [-0.2, 0) is 0 Å². The van der Waals surface area contributed by atoms with E-state index in [1.165, 1.54) is 19.3 Å². The summed E-state index contributed by atoms with van der Waals surface area (Å²) in [6, 6.07) is 12.1. The van der Waals surface area contributed by atoms with Crippen LogP contribution in [0.5, 0.6) is 0 Å². The molecule has 1 saturated heterocycles. The molecular formula is C15H17N3. The van der Waals surface area contributed by atoms with Gasteiger partial charge in [0.05, 0.1) is 5.52 Å². The number of hydrogen-bond acceptors (Lipinski definition) is 2. The Labute approximate surface area is 107 Å². The third kappa shape index (κ3) is 2.08. The highest BCUT2D eigenvalue weighted by Gasteiger charge is 2.15. The molecule has 1 aromatic carbocycles. The van der Waals surface area contributed by atoms with Crippen molar-refractivity contribution in [3.63, 3.8) is 0 Å². The van der Waals surface area contributed by atoms with Crippen LogP contribution in [0.3, 0.4) is 0 Å². The average Bonchev–Trinajstić information content (AvgIpc) is 2.47. The number of nitrogens with zero attached hydrogens (tertiary/aromatic N) is 2. The number of nitrogens with one attached hydrogen (secondary N) is 1. The number of aromatic nitrogens is 1. The fraction of sp³-hybridized carbons (Fsp3) is 0.333. The minimum atomic E-state index is 0.570. The third-order valence-corrected chi connectivity index (χ3v) is 3.51. The maximum absolute atomic E-state index is 8.26. The molecule has 1 aliphatic rings. The molecule has 3 heteroatoms. The van der Waals surface area contributed by atoms with Crippen LogP contribution in [0.4, 0.5) is 0 Å². The smallest absolute Gasteiger partial charge is 0.147 e. The summed E-state index contributed by atoms with van der Waals surface area (Å²) < 4.78 is 0. The van der Waals surface area contributed by atoms with Gasteiger partial charge in [-0.2, -0.15) is 0 Å². The van der Waals surface area contributed by atoms with Gasteiger partial charge in [0.1, 0.15) is 11.5 Å². The molecule has 0 bridgehead atoms. The largest absolute Gasteiger partial charge is 0.355 e. The van der Waals surface area contributed by atoms with Crippen molar-refractivity contribution in [1.29, 1.82) is 5.41 Å². The van der Waals surface area contributed by atoms with Crippen LogP contribution in [0, 0.1) is 5.41 Å². The highest BCUT2D eigenvalue weighted by atomic mass is 15.2. The quantitative estimate of drug-likeness (QED) is 0.613. The van der Waals surface area contributed by atoms with Crippen LogP contribution in [0.15, 0.2) is 36.4 Å². The number of likely N-dealkylation sites (tertiary alicyclic amines) is 1. The number of benzene rings is 1. The van der Waals surface area contributed by atoms with E-state index in [1.54, 1.807) is 0 Å². The van der Waals surface area contributed by atoms with E-state index < -0.39 is 0 Å². The Balaban J connectivity index is 1.91. The summed E-state index contributed by atoms with van der Waals surface area (Å²) in [5.41, 5.74) is 1.76. The first-order chi connectivity index (χ1) is 8.84. The van der Waals surface area contributed by atoms with Gasteiger partial charge in [-0.25, -0.2) is 4.98 Å². The maximum Gasteiger partial charge on any atom is 0.147 e. The molecule has 92 valence electrons. The topological polar surface area (TPSA) is 40.0 Å². The monoisotopic (exact) mass is 239 g/mol. The van der Waals surface area contributed by atoms with E-state index in [-0.39, 0.29) is 0 Å². The van der Waals surface area contributed by atoms with Gasteiger partial charge >= 0.3 is 0 Å². The van der Waals surface area contributed by atoms with Crippen molar-refractivity contribution >= 4 is 16.7 Å². The lowest BCUT2D eigenvalue weighted by Gasteiger charge is -2.28. The van der Waals surface area contributed by atoms with E-state index in [4.69, 9.17) is 5.41 Å². The molecule has 0 radical (unpaired) electrons. The Morgan fingerprint density at radius 3 is 2.61 bits per heavy atom. The van der Waals surface area contributed by atoms with Crippen molar-refractivity contribution < 1.29 is 0 Å². The van der Waals surface area contributed by atoms with E-state index in [0.29, 0.717) is 5.84 Å². The van der Waals surface area contributed by atoms with Crippen molar-refractivity contribution in [2.24, 2.45) is 0 Å². The van der Waals surface area contributed by atoms with Crippen LogP contribution in [0.1, 0.15) is 25.0 Å². The third-order valence-electron chi connectivity index (χ3n) is 3.51. The molecule has 2 aromatic rings. The van der Waals surface area contributed by atoms with Crippen LogP contribution < -0.4 is 0 Å².